The van der Waals surface area contributed by atoms with Gasteiger partial charge in [0.2, 0.25) is 11.0 Å². The summed E-state index contributed by atoms with van der Waals surface area (Å²) >= 11 is 0. The molecule has 2 amide bonds. The van der Waals surface area contributed by atoms with Crippen LogP contribution >= 0.6 is 0 Å². The second-order valence-electron chi connectivity index (χ2n) is 7.83. The molecule has 0 bridgehead atoms. The first-order chi connectivity index (χ1) is 14.3. The van der Waals surface area contributed by atoms with E-state index in [2.05, 4.69) is 10.6 Å². The fourth-order valence-electron chi connectivity index (χ4n) is 3.42. The molecule has 160 valence electrons. The third kappa shape index (κ3) is 4.41. The molecule has 0 spiro atoms. The van der Waals surface area contributed by atoms with Gasteiger partial charge in [0.05, 0.1) is 0 Å². The minimum absolute atomic E-state index is 0.0188. The number of hydrogen-bond acceptors (Lipinski definition) is 5. The monoisotopic (exact) mass is 431 g/mol. The van der Waals surface area contributed by atoms with E-state index in [1.165, 1.54) is 16.4 Å². The minimum Gasteiger partial charge on any atom is -0.438 e. The molecule has 4 rings (SSSR count). The van der Waals surface area contributed by atoms with Crippen molar-refractivity contribution < 1.29 is 22.4 Å². The van der Waals surface area contributed by atoms with E-state index in [4.69, 9.17) is 4.42 Å². The number of furan rings is 1. The van der Waals surface area contributed by atoms with Crippen LogP contribution in [0.5, 0.6) is 0 Å². The fourth-order valence-corrected chi connectivity index (χ4v) is 4.85. The second kappa shape index (κ2) is 8.23. The lowest BCUT2D eigenvalue weighted by atomic mass is 10.1. The number of nitrogens with one attached hydrogen (secondary N) is 2. The molecular formula is C21H25N3O5S. The van der Waals surface area contributed by atoms with Crippen molar-refractivity contribution in [3.8, 4) is 0 Å². The molecule has 8 nitrogen and oxygen atoms in total. The van der Waals surface area contributed by atoms with Gasteiger partial charge in [0.25, 0.3) is 15.9 Å². The number of anilines is 2. The number of carbonyl (C=O) groups excluding carboxylic acids is 2. The Balaban J connectivity index is 1.47. The molecule has 1 aromatic carbocycles. The lowest BCUT2D eigenvalue weighted by Crippen LogP contribution is -2.35. The van der Waals surface area contributed by atoms with Crippen LogP contribution in [0.25, 0.3) is 0 Å². The molecule has 0 atom stereocenters. The zero-order valence-corrected chi connectivity index (χ0v) is 17.6. The third-order valence-corrected chi connectivity index (χ3v) is 7.19. The van der Waals surface area contributed by atoms with E-state index in [9.17, 15) is 18.0 Å². The largest absolute Gasteiger partial charge is 0.438 e. The number of hydrogen-bond donors (Lipinski definition) is 2. The lowest BCUT2D eigenvalue weighted by molar-refractivity contribution is -0.117. The predicted molar refractivity (Wildman–Crippen MR) is 112 cm³/mol. The fraction of sp³-hybridized carbons (Fsp3) is 0.429. The van der Waals surface area contributed by atoms with Crippen molar-refractivity contribution in [3.05, 3.63) is 41.7 Å². The quantitative estimate of drug-likeness (QED) is 0.729. The molecule has 2 aromatic rings. The van der Waals surface area contributed by atoms with E-state index in [1.54, 1.807) is 18.2 Å². The van der Waals surface area contributed by atoms with Crippen molar-refractivity contribution in [2.24, 2.45) is 5.92 Å². The van der Waals surface area contributed by atoms with Gasteiger partial charge in [-0.2, -0.15) is 4.31 Å². The summed E-state index contributed by atoms with van der Waals surface area (Å²) in [5.74, 6) is -0.580. The van der Waals surface area contributed by atoms with Gasteiger partial charge < -0.3 is 15.1 Å². The number of piperidine rings is 1. The average molecular weight is 432 g/mol. The summed E-state index contributed by atoms with van der Waals surface area (Å²) < 4.78 is 32.2. The maximum absolute atomic E-state index is 12.7. The van der Waals surface area contributed by atoms with Crippen LogP contribution in [-0.4, -0.2) is 37.6 Å². The molecule has 0 unspecified atom stereocenters. The van der Waals surface area contributed by atoms with E-state index in [-0.39, 0.29) is 22.7 Å². The Morgan fingerprint density at radius 1 is 1.03 bits per heavy atom. The van der Waals surface area contributed by atoms with Crippen LogP contribution in [0.15, 0.2) is 39.8 Å². The van der Waals surface area contributed by atoms with Crippen molar-refractivity contribution in [1.82, 2.24) is 4.31 Å². The Hall–Kier alpha value is -2.65. The summed E-state index contributed by atoms with van der Waals surface area (Å²) in [5.41, 5.74) is 1.92. The third-order valence-electron chi connectivity index (χ3n) is 5.42. The highest BCUT2D eigenvalue weighted by molar-refractivity contribution is 7.89. The number of amides is 2. The van der Waals surface area contributed by atoms with E-state index in [0.717, 1.165) is 37.7 Å². The van der Waals surface area contributed by atoms with Crippen molar-refractivity contribution in [2.75, 3.05) is 23.7 Å². The molecule has 1 aliphatic heterocycles. The SMILES string of the molecule is Cc1ccc(NC(=O)C2CC2)cc1NC(=O)c1ccc(S(=O)(=O)N2CCCCC2)o1. The van der Waals surface area contributed by atoms with Gasteiger partial charge in [-0.05, 0) is 62.4 Å². The van der Waals surface area contributed by atoms with Gasteiger partial charge in [-0.3, -0.25) is 9.59 Å². The number of rotatable bonds is 6. The van der Waals surface area contributed by atoms with Gasteiger partial charge in [0.15, 0.2) is 5.76 Å². The summed E-state index contributed by atoms with van der Waals surface area (Å²) in [7, 11) is -3.74. The average Bonchev–Trinajstić information content (AvgIpc) is 3.47. The molecule has 9 heteroatoms. The molecule has 2 heterocycles. The van der Waals surface area contributed by atoms with Crippen LogP contribution < -0.4 is 10.6 Å². The molecule has 2 fully saturated rings. The van der Waals surface area contributed by atoms with Crippen molar-refractivity contribution in [2.45, 2.75) is 44.1 Å². The molecule has 2 aliphatic rings. The maximum Gasteiger partial charge on any atom is 0.291 e. The van der Waals surface area contributed by atoms with Crippen LogP contribution in [0.4, 0.5) is 11.4 Å². The molecule has 1 aliphatic carbocycles. The highest BCUT2D eigenvalue weighted by Gasteiger charge is 2.30. The van der Waals surface area contributed by atoms with Crippen LogP contribution in [-0.2, 0) is 14.8 Å². The van der Waals surface area contributed by atoms with Crippen LogP contribution in [0.1, 0.15) is 48.2 Å². The van der Waals surface area contributed by atoms with E-state index < -0.39 is 15.9 Å². The van der Waals surface area contributed by atoms with Crippen molar-refractivity contribution in [1.29, 1.82) is 0 Å². The molecule has 1 aromatic heterocycles. The normalized spacial score (nSPS) is 17.5. The zero-order chi connectivity index (χ0) is 21.3. The predicted octanol–water partition coefficient (Wildman–Crippen LogP) is 3.36. The van der Waals surface area contributed by atoms with Gasteiger partial charge in [-0.25, -0.2) is 8.42 Å². The Morgan fingerprint density at radius 2 is 1.77 bits per heavy atom. The number of sulfonamides is 1. The van der Waals surface area contributed by atoms with Gasteiger partial charge >= 0.3 is 0 Å². The summed E-state index contributed by atoms with van der Waals surface area (Å²) in [5, 5.41) is 5.36. The molecular weight excluding hydrogens is 406 g/mol. The molecule has 1 saturated carbocycles. The Bertz CT molecular complexity index is 1070. The number of aryl methyl sites for hydroxylation is 1. The number of carbonyl (C=O) groups is 2. The smallest absolute Gasteiger partial charge is 0.291 e. The van der Waals surface area contributed by atoms with E-state index >= 15 is 0 Å². The summed E-state index contributed by atoms with van der Waals surface area (Å²) in [6.07, 6.45) is 4.46. The van der Waals surface area contributed by atoms with Gasteiger partial charge in [0.1, 0.15) is 0 Å². The Labute approximate surface area is 175 Å². The lowest BCUT2D eigenvalue weighted by Gasteiger charge is -2.24. The van der Waals surface area contributed by atoms with E-state index in [1.807, 2.05) is 6.92 Å². The van der Waals surface area contributed by atoms with Crippen molar-refractivity contribution >= 4 is 33.2 Å². The first-order valence-corrected chi connectivity index (χ1v) is 11.6. The Morgan fingerprint density at radius 3 is 2.47 bits per heavy atom. The topological polar surface area (TPSA) is 109 Å². The minimum atomic E-state index is -3.74. The van der Waals surface area contributed by atoms with Gasteiger partial charge in [-0.15, -0.1) is 0 Å². The molecule has 30 heavy (non-hydrogen) atoms. The summed E-state index contributed by atoms with van der Waals surface area (Å²) in [6, 6.07) is 7.94. The first kappa shape index (κ1) is 20.6. The van der Waals surface area contributed by atoms with Crippen LogP contribution in [0.2, 0.25) is 0 Å². The zero-order valence-electron chi connectivity index (χ0n) is 16.8. The number of nitrogens with zero attached hydrogens (tertiary/aromatic N) is 1. The van der Waals surface area contributed by atoms with Gasteiger partial charge in [0, 0.05) is 30.4 Å². The highest BCUT2D eigenvalue weighted by atomic mass is 32.2. The molecule has 2 N–H and O–H groups in total. The summed E-state index contributed by atoms with van der Waals surface area (Å²) in [6.45, 7) is 2.75. The molecule has 1 saturated heterocycles. The standard InChI is InChI=1S/C21H25N3O5S/c1-14-5-8-16(22-20(25)15-6-7-15)13-17(14)23-21(26)18-9-10-19(29-18)30(27,28)24-11-3-2-4-12-24/h5,8-10,13,15H,2-4,6-7,11-12H2,1H3,(H,22,25)(H,23,26). The number of benzene rings is 1. The van der Waals surface area contributed by atoms with Crippen LogP contribution in [0, 0.1) is 12.8 Å². The first-order valence-electron chi connectivity index (χ1n) is 10.2. The van der Waals surface area contributed by atoms with E-state index in [0.29, 0.717) is 24.5 Å². The van der Waals surface area contributed by atoms with Crippen LogP contribution in [0.3, 0.4) is 0 Å². The maximum atomic E-state index is 12.7. The Kier molecular flexibility index (Phi) is 5.66. The molecule has 0 radical (unpaired) electrons. The second-order valence-corrected chi connectivity index (χ2v) is 9.70. The van der Waals surface area contributed by atoms with Crippen molar-refractivity contribution in [3.63, 3.8) is 0 Å². The van der Waals surface area contributed by atoms with Gasteiger partial charge in [-0.1, -0.05) is 12.5 Å². The highest BCUT2D eigenvalue weighted by Crippen LogP contribution is 2.31. The summed E-state index contributed by atoms with van der Waals surface area (Å²) in [4.78, 5) is 24.6.